The van der Waals surface area contributed by atoms with Crippen molar-refractivity contribution in [1.29, 1.82) is 0 Å². The van der Waals surface area contributed by atoms with Crippen molar-refractivity contribution in [3.63, 3.8) is 0 Å². The molecule has 456 valence electrons. The van der Waals surface area contributed by atoms with Crippen LogP contribution in [-0.4, -0.2) is 314 Å². The van der Waals surface area contributed by atoms with Gasteiger partial charge in [-0.1, -0.05) is 0 Å². The molecule has 6 rings (SSSR count). The third-order valence-electron chi connectivity index (χ3n) is 14.3. The summed E-state index contributed by atoms with van der Waals surface area (Å²) in [6.07, 6.45) is -41.7. The normalized spacial score (nSPS) is 46.7. The molecule has 0 spiro atoms. The van der Waals surface area contributed by atoms with Gasteiger partial charge in [-0.25, -0.2) is 0 Å². The highest BCUT2D eigenvalue weighted by Gasteiger charge is 2.58. The van der Waals surface area contributed by atoms with Crippen molar-refractivity contribution in [2.24, 2.45) is 5.73 Å². The Bertz CT molecular complexity index is 1990. The molecule has 0 aromatic rings. The quantitative estimate of drug-likeness (QED) is 0.0538. The second kappa shape index (κ2) is 28.4. The van der Waals surface area contributed by atoms with E-state index in [4.69, 9.17) is 62.6 Å². The summed E-state index contributed by atoms with van der Waals surface area (Å²) in [6, 6.07) is -8.17. The van der Waals surface area contributed by atoms with E-state index in [1.54, 1.807) is 0 Å². The van der Waals surface area contributed by atoms with E-state index in [1.807, 2.05) is 0 Å². The van der Waals surface area contributed by atoms with Crippen LogP contribution in [-0.2, 0) is 76.0 Å². The van der Waals surface area contributed by atoms with E-state index >= 15 is 0 Å². The van der Waals surface area contributed by atoms with Gasteiger partial charge in [0.05, 0.1) is 45.2 Å². The number of ether oxygens (including phenoxy) is 12. The maximum atomic E-state index is 12.8. The highest BCUT2D eigenvalue weighted by Crippen LogP contribution is 2.36. The van der Waals surface area contributed by atoms with Gasteiger partial charge in [0.2, 0.25) is 23.6 Å². The van der Waals surface area contributed by atoms with Gasteiger partial charge in [-0.05, 0) is 6.92 Å². The minimum atomic E-state index is -2.02. The number of hydrogen-bond acceptors (Lipinski definition) is 30. The fraction of sp³-hybridized carbons (Fsp3) is 0.911. The number of nitrogens with two attached hydrogens (primary N) is 1. The van der Waals surface area contributed by atoms with Crippen molar-refractivity contribution in [3.8, 4) is 0 Å². The van der Waals surface area contributed by atoms with Crippen LogP contribution in [0.1, 0.15) is 34.6 Å². The van der Waals surface area contributed by atoms with E-state index in [9.17, 15) is 85.6 Å². The fourth-order valence-corrected chi connectivity index (χ4v) is 10.3. The van der Waals surface area contributed by atoms with Gasteiger partial charge in [0.25, 0.3) is 0 Å². The molecule has 19 N–H and O–H groups in total. The molecule has 0 aliphatic carbocycles. The number of aliphatic hydroxyl groups excluding tert-OH is 13. The minimum Gasteiger partial charge on any atom is -0.394 e. The van der Waals surface area contributed by atoms with E-state index in [2.05, 4.69) is 21.3 Å². The Hall–Kier alpha value is -3.16. The fourth-order valence-electron chi connectivity index (χ4n) is 10.3. The van der Waals surface area contributed by atoms with Crippen LogP contribution in [0.5, 0.6) is 0 Å². The lowest BCUT2D eigenvalue weighted by Gasteiger charge is -2.51. The molecule has 0 bridgehead atoms. The largest absolute Gasteiger partial charge is 0.394 e. The second-order valence-corrected chi connectivity index (χ2v) is 20.0. The predicted octanol–water partition coefficient (Wildman–Crippen LogP) is -11.9. The van der Waals surface area contributed by atoms with Crippen LogP contribution in [0.4, 0.5) is 0 Å². The van der Waals surface area contributed by atoms with Gasteiger partial charge in [-0.2, -0.15) is 0 Å². The highest BCUT2D eigenvalue weighted by atomic mass is 16.8. The number of amides is 4. The monoisotopic (exact) mass is 1150 g/mol. The standard InChI is InChI=1S/C45H77N5O29/c1-12-27(59)34(66)39(68-6)45(70-12)69-11-21-38(30(62)23(40(67)71-21)47-13(2)55)79-44-26(50-16(5)58)33(65)37(20(10-54)75-44)78-43-25(49-15(4)57)32(64)36(19(9-53)74-43)77-42-24(48-14(3)56)31(63)35(18(8-52)73-42)76-41-22(46)29(61)28(60)17(7-51)72-41/h12,17-45,51-54,59-67H,7-11,46H2,1-6H3,(H,47,55)(H,48,56)(H,49,57)(H,50,58)/t12-,17-,18-,19-,20-,21-,22-,23-,24-,25-,26-,27+,28-,29-,30-,31-,32-,33-,34+,35-,36-,37-,38-,39-,40?,41+,42+,43+,44+,45+/m1/s1. The van der Waals surface area contributed by atoms with Crippen molar-refractivity contribution in [2.45, 2.75) is 219 Å². The summed E-state index contributed by atoms with van der Waals surface area (Å²) in [5, 5.41) is 152. The Kier molecular flexibility index (Phi) is 23.4. The summed E-state index contributed by atoms with van der Waals surface area (Å²) in [5.41, 5.74) is 6.04. The number of rotatable bonds is 20. The Labute approximate surface area is 451 Å². The lowest BCUT2D eigenvalue weighted by atomic mass is 9.93. The molecule has 0 aromatic carbocycles. The molecule has 34 nitrogen and oxygen atoms in total. The SMILES string of the molecule is CO[C@H]1[C@@H](OC[C@H]2OC(O)[C@H](NC(C)=O)[C@@H](O)[C@@H]2O[C@@H]2O[C@H](CO)[C@@H](O[C@@H]3O[C@H](CO)[C@@H](O[C@@H]4O[C@H](CO)[C@@H](O[C@@H]5O[C@H](CO)[C@@H](O)[C@H](O)[C@H]5N)[C@H](O)[C@H]4NC(C)=O)[C@H](O)[C@H]3NC(C)=O)[C@H](O)[C@H]2NC(C)=O)O[C@H](C)[C@H](O)[C@@H]1O. The van der Waals surface area contributed by atoms with E-state index < -0.39 is 241 Å². The van der Waals surface area contributed by atoms with Gasteiger partial charge in [-0.15, -0.1) is 0 Å². The average molecular weight is 1150 g/mol. The molecule has 0 radical (unpaired) electrons. The molecule has 6 aliphatic rings. The smallest absolute Gasteiger partial charge is 0.217 e. The number of carbonyl (C=O) groups excluding carboxylic acids is 4. The number of aliphatic hydroxyl groups is 13. The lowest BCUT2D eigenvalue weighted by Crippen LogP contribution is -2.72. The van der Waals surface area contributed by atoms with E-state index in [-0.39, 0.29) is 0 Å². The first-order valence-corrected chi connectivity index (χ1v) is 25.4. The first kappa shape index (κ1) is 65.0. The summed E-state index contributed by atoms with van der Waals surface area (Å²) < 4.78 is 70.6. The summed E-state index contributed by atoms with van der Waals surface area (Å²) in [4.78, 5) is 50.3. The molecule has 0 saturated carbocycles. The van der Waals surface area contributed by atoms with Crippen molar-refractivity contribution in [2.75, 3.05) is 40.1 Å². The molecule has 0 aromatic heterocycles. The van der Waals surface area contributed by atoms with Crippen LogP contribution in [0.2, 0.25) is 0 Å². The van der Waals surface area contributed by atoms with Crippen LogP contribution in [0.25, 0.3) is 0 Å². The molecule has 79 heavy (non-hydrogen) atoms. The van der Waals surface area contributed by atoms with Crippen LogP contribution < -0.4 is 27.0 Å². The third-order valence-corrected chi connectivity index (χ3v) is 14.3. The van der Waals surface area contributed by atoms with Crippen molar-refractivity contribution >= 4 is 23.6 Å². The molecule has 6 saturated heterocycles. The molecular formula is C45H77N5O29. The van der Waals surface area contributed by atoms with Gasteiger partial charge in [0.1, 0.15) is 134 Å². The van der Waals surface area contributed by atoms with Gasteiger partial charge in [0, 0.05) is 34.8 Å². The van der Waals surface area contributed by atoms with Crippen LogP contribution >= 0.6 is 0 Å². The van der Waals surface area contributed by atoms with Crippen molar-refractivity contribution in [1.82, 2.24) is 21.3 Å². The Morgan fingerprint density at radius 2 is 0.772 bits per heavy atom. The zero-order valence-corrected chi connectivity index (χ0v) is 43.8. The molecule has 6 aliphatic heterocycles. The summed E-state index contributed by atoms with van der Waals surface area (Å²) >= 11 is 0. The predicted molar refractivity (Wildman–Crippen MR) is 251 cm³/mol. The van der Waals surface area contributed by atoms with Gasteiger partial charge in [-0.3, -0.25) is 19.2 Å². The summed E-state index contributed by atoms with van der Waals surface area (Å²) in [5.74, 6) is -3.12. The first-order valence-electron chi connectivity index (χ1n) is 25.4. The Balaban J connectivity index is 1.23. The van der Waals surface area contributed by atoms with E-state index in [0.29, 0.717) is 0 Å². The van der Waals surface area contributed by atoms with Gasteiger partial charge >= 0.3 is 0 Å². The van der Waals surface area contributed by atoms with E-state index in [0.717, 1.165) is 27.7 Å². The number of hydrogen-bond donors (Lipinski definition) is 18. The first-order chi connectivity index (χ1) is 37.3. The number of carbonyl (C=O) groups is 4. The average Bonchev–Trinajstić information content (AvgIpc) is 3.49. The topological polar surface area (TPSA) is 516 Å². The zero-order valence-electron chi connectivity index (χ0n) is 43.8. The van der Waals surface area contributed by atoms with Crippen molar-refractivity contribution in [3.05, 3.63) is 0 Å². The van der Waals surface area contributed by atoms with Gasteiger partial charge < -0.3 is 150 Å². The second-order valence-electron chi connectivity index (χ2n) is 20.0. The van der Waals surface area contributed by atoms with Crippen LogP contribution in [0.3, 0.4) is 0 Å². The maximum absolute atomic E-state index is 12.8. The third kappa shape index (κ3) is 14.8. The Morgan fingerprint density at radius 3 is 1.15 bits per heavy atom. The number of nitrogens with one attached hydrogen (secondary N) is 4. The Morgan fingerprint density at radius 1 is 0.418 bits per heavy atom. The van der Waals surface area contributed by atoms with E-state index in [1.165, 1.54) is 14.0 Å². The summed E-state index contributed by atoms with van der Waals surface area (Å²) in [6.45, 7) is 1.30. The van der Waals surface area contributed by atoms with Gasteiger partial charge in [0.15, 0.2) is 37.7 Å². The molecular weight excluding hydrogens is 1070 g/mol. The number of methoxy groups -OCH3 is 1. The van der Waals surface area contributed by atoms with Crippen LogP contribution in [0, 0.1) is 0 Å². The molecule has 34 heteroatoms. The molecule has 30 atom stereocenters. The highest BCUT2D eigenvalue weighted by molar-refractivity contribution is 5.74. The molecule has 6 heterocycles. The van der Waals surface area contributed by atoms with Crippen LogP contribution in [0.15, 0.2) is 0 Å². The maximum Gasteiger partial charge on any atom is 0.217 e. The molecule has 4 amide bonds. The molecule has 1 unspecified atom stereocenters. The lowest BCUT2D eigenvalue weighted by molar-refractivity contribution is -0.368. The summed E-state index contributed by atoms with van der Waals surface area (Å²) in [7, 11) is 1.21. The molecule has 6 fully saturated rings. The van der Waals surface area contributed by atoms with Crippen molar-refractivity contribution < 1.29 is 142 Å². The minimum absolute atomic E-state index is 0.627. The zero-order chi connectivity index (χ0) is 58.5.